The standard InChI is InChI=1S/C8H14N2O/c9-7(11)8(3-4-8)10-5-6-1-2-6/h6,10H,1-5H2,(H2,9,11). The second-order valence-corrected chi connectivity index (χ2v) is 3.77. The number of carbonyl (C=O) groups is 1. The summed E-state index contributed by atoms with van der Waals surface area (Å²) in [6.45, 7) is 0.989. The van der Waals surface area contributed by atoms with Crippen molar-refractivity contribution in [2.24, 2.45) is 11.7 Å². The molecular weight excluding hydrogens is 140 g/mol. The molecule has 11 heavy (non-hydrogen) atoms. The Kier molecular flexibility index (Phi) is 1.42. The van der Waals surface area contributed by atoms with Crippen molar-refractivity contribution >= 4 is 5.91 Å². The van der Waals surface area contributed by atoms with Gasteiger partial charge in [0.05, 0.1) is 5.54 Å². The Morgan fingerprint density at radius 3 is 2.55 bits per heavy atom. The van der Waals surface area contributed by atoms with Crippen LogP contribution < -0.4 is 11.1 Å². The van der Waals surface area contributed by atoms with Crippen LogP contribution in [-0.2, 0) is 4.79 Å². The van der Waals surface area contributed by atoms with E-state index in [4.69, 9.17) is 5.73 Å². The molecule has 0 atom stereocenters. The maximum Gasteiger partial charge on any atom is 0.237 e. The third kappa shape index (κ3) is 1.38. The fraction of sp³-hybridized carbons (Fsp3) is 0.875. The highest BCUT2D eigenvalue weighted by atomic mass is 16.1. The summed E-state index contributed by atoms with van der Waals surface area (Å²) < 4.78 is 0. The van der Waals surface area contributed by atoms with Gasteiger partial charge in [-0.2, -0.15) is 0 Å². The molecule has 0 unspecified atom stereocenters. The van der Waals surface area contributed by atoms with Gasteiger partial charge in [0.2, 0.25) is 5.91 Å². The normalized spacial score (nSPS) is 26.5. The predicted octanol–water partition coefficient (Wildman–Crippen LogP) is 0.00390. The fourth-order valence-corrected chi connectivity index (χ4v) is 1.30. The lowest BCUT2D eigenvalue weighted by Gasteiger charge is -2.11. The van der Waals surface area contributed by atoms with Gasteiger partial charge in [0, 0.05) is 0 Å². The summed E-state index contributed by atoms with van der Waals surface area (Å²) in [7, 11) is 0. The lowest BCUT2D eigenvalue weighted by molar-refractivity contribution is -0.121. The Labute approximate surface area is 66.3 Å². The molecule has 2 aliphatic rings. The minimum atomic E-state index is -0.289. The SMILES string of the molecule is NC(=O)C1(NCC2CC2)CC1. The Balaban J connectivity index is 1.79. The summed E-state index contributed by atoms with van der Waals surface area (Å²) in [4.78, 5) is 10.9. The first-order valence-electron chi connectivity index (χ1n) is 4.28. The number of nitrogens with one attached hydrogen (secondary N) is 1. The third-order valence-electron chi connectivity index (χ3n) is 2.65. The molecule has 2 fully saturated rings. The summed E-state index contributed by atoms with van der Waals surface area (Å²) in [5.41, 5.74) is 4.95. The van der Waals surface area contributed by atoms with Crippen molar-refractivity contribution in [1.82, 2.24) is 5.32 Å². The summed E-state index contributed by atoms with van der Waals surface area (Å²) in [5.74, 6) is 0.657. The third-order valence-corrected chi connectivity index (χ3v) is 2.65. The van der Waals surface area contributed by atoms with E-state index in [2.05, 4.69) is 5.32 Å². The first-order chi connectivity index (χ1) is 5.23. The Hall–Kier alpha value is -0.570. The van der Waals surface area contributed by atoms with Gasteiger partial charge in [0.15, 0.2) is 0 Å². The molecule has 0 heterocycles. The van der Waals surface area contributed by atoms with E-state index in [0.717, 1.165) is 25.3 Å². The lowest BCUT2D eigenvalue weighted by Crippen LogP contribution is -2.44. The van der Waals surface area contributed by atoms with E-state index in [0.29, 0.717) is 0 Å². The summed E-state index contributed by atoms with van der Waals surface area (Å²) in [5, 5.41) is 3.26. The Morgan fingerprint density at radius 1 is 1.55 bits per heavy atom. The number of hydrogen-bond acceptors (Lipinski definition) is 2. The van der Waals surface area contributed by atoms with E-state index in [9.17, 15) is 4.79 Å². The van der Waals surface area contributed by atoms with Crippen molar-refractivity contribution in [3.63, 3.8) is 0 Å². The van der Waals surface area contributed by atoms with Crippen LogP contribution in [0, 0.1) is 5.92 Å². The smallest absolute Gasteiger partial charge is 0.237 e. The van der Waals surface area contributed by atoms with E-state index in [1.807, 2.05) is 0 Å². The van der Waals surface area contributed by atoms with Crippen LogP contribution in [0.3, 0.4) is 0 Å². The van der Waals surface area contributed by atoms with Crippen LogP contribution in [0.1, 0.15) is 25.7 Å². The number of carbonyl (C=O) groups excluding carboxylic acids is 1. The van der Waals surface area contributed by atoms with Gasteiger partial charge in [0.25, 0.3) is 0 Å². The van der Waals surface area contributed by atoms with Crippen molar-refractivity contribution in [2.45, 2.75) is 31.2 Å². The van der Waals surface area contributed by atoms with Gasteiger partial charge in [-0.15, -0.1) is 0 Å². The number of rotatable bonds is 4. The molecular formula is C8H14N2O. The maximum atomic E-state index is 10.9. The van der Waals surface area contributed by atoms with Gasteiger partial charge in [-0.3, -0.25) is 4.79 Å². The number of amides is 1. The molecule has 0 aromatic rings. The molecule has 2 rings (SSSR count). The second kappa shape index (κ2) is 2.21. The number of primary amides is 1. The zero-order chi connectivity index (χ0) is 7.90. The molecule has 3 N–H and O–H groups in total. The highest BCUT2D eigenvalue weighted by Gasteiger charge is 2.48. The Bertz CT molecular complexity index is 183. The van der Waals surface area contributed by atoms with Crippen molar-refractivity contribution in [3.8, 4) is 0 Å². The zero-order valence-corrected chi connectivity index (χ0v) is 6.60. The highest BCUT2D eigenvalue weighted by Crippen LogP contribution is 2.36. The van der Waals surface area contributed by atoms with Gasteiger partial charge >= 0.3 is 0 Å². The van der Waals surface area contributed by atoms with E-state index < -0.39 is 0 Å². The van der Waals surface area contributed by atoms with Gasteiger partial charge < -0.3 is 11.1 Å². The minimum Gasteiger partial charge on any atom is -0.368 e. The molecule has 3 nitrogen and oxygen atoms in total. The molecule has 0 radical (unpaired) electrons. The van der Waals surface area contributed by atoms with Crippen molar-refractivity contribution in [1.29, 1.82) is 0 Å². The monoisotopic (exact) mass is 154 g/mol. The van der Waals surface area contributed by atoms with E-state index in [1.165, 1.54) is 12.8 Å². The van der Waals surface area contributed by atoms with Crippen molar-refractivity contribution < 1.29 is 4.79 Å². The van der Waals surface area contributed by atoms with E-state index in [1.54, 1.807) is 0 Å². The van der Waals surface area contributed by atoms with Crippen LogP contribution in [0.4, 0.5) is 0 Å². The second-order valence-electron chi connectivity index (χ2n) is 3.77. The lowest BCUT2D eigenvalue weighted by atomic mass is 10.2. The summed E-state index contributed by atoms with van der Waals surface area (Å²) >= 11 is 0. The predicted molar refractivity (Wildman–Crippen MR) is 41.9 cm³/mol. The molecule has 0 aliphatic heterocycles. The fourth-order valence-electron chi connectivity index (χ4n) is 1.30. The van der Waals surface area contributed by atoms with Crippen molar-refractivity contribution in [2.75, 3.05) is 6.54 Å². The topological polar surface area (TPSA) is 55.1 Å². The van der Waals surface area contributed by atoms with Gasteiger partial charge in [-0.05, 0) is 38.1 Å². The summed E-state index contributed by atoms with van der Waals surface area (Å²) in [6.07, 6.45) is 4.52. The van der Waals surface area contributed by atoms with Crippen LogP contribution in [0.15, 0.2) is 0 Å². The molecule has 0 spiro atoms. The van der Waals surface area contributed by atoms with E-state index in [-0.39, 0.29) is 11.4 Å². The van der Waals surface area contributed by atoms with Crippen LogP contribution in [-0.4, -0.2) is 18.0 Å². The highest BCUT2D eigenvalue weighted by molar-refractivity contribution is 5.87. The molecule has 0 aromatic carbocycles. The van der Waals surface area contributed by atoms with Gasteiger partial charge in [-0.1, -0.05) is 0 Å². The number of nitrogens with two attached hydrogens (primary N) is 1. The van der Waals surface area contributed by atoms with Crippen LogP contribution in [0.25, 0.3) is 0 Å². The summed E-state index contributed by atoms with van der Waals surface area (Å²) in [6, 6.07) is 0. The van der Waals surface area contributed by atoms with E-state index >= 15 is 0 Å². The first-order valence-corrected chi connectivity index (χ1v) is 4.28. The maximum absolute atomic E-state index is 10.9. The Morgan fingerprint density at radius 2 is 2.18 bits per heavy atom. The number of hydrogen-bond donors (Lipinski definition) is 2. The quantitative estimate of drug-likeness (QED) is 0.599. The van der Waals surface area contributed by atoms with Gasteiger partial charge in [-0.25, -0.2) is 0 Å². The molecule has 0 aromatic heterocycles. The van der Waals surface area contributed by atoms with Gasteiger partial charge in [0.1, 0.15) is 0 Å². The molecule has 3 heteroatoms. The van der Waals surface area contributed by atoms with Crippen LogP contribution in [0.5, 0.6) is 0 Å². The first kappa shape index (κ1) is 7.10. The average molecular weight is 154 g/mol. The largest absolute Gasteiger partial charge is 0.368 e. The molecule has 0 saturated heterocycles. The van der Waals surface area contributed by atoms with Crippen LogP contribution in [0.2, 0.25) is 0 Å². The molecule has 0 bridgehead atoms. The van der Waals surface area contributed by atoms with Crippen molar-refractivity contribution in [3.05, 3.63) is 0 Å². The van der Waals surface area contributed by atoms with Crippen LogP contribution >= 0.6 is 0 Å². The minimum absolute atomic E-state index is 0.168. The molecule has 62 valence electrons. The zero-order valence-electron chi connectivity index (χ0n) is 6.60. The molecule has 2 aliphatic carbocycles. The molecule has 1 amide bonds. The molecule has 2 saturated carbocycles. The average Bonchev–Trinajstić information content (AvgIpc) is 2.82.